The number of rotatable bonds is 6. The molecule has 2 amide bonds. The highest BCUT2D eigenvalue weighted by atomic mass is 16.6. The number of hydrogen-bond donors (Lipinski definition) is 0. The Balaban J connectivity index is 1.26. The maximum absolute atomic E-state index is 12.4. The molecule has 1 saturated heterocycles. The Hall–Kier alpha value is -4.41. The molecule has 1 fully saturated rings. The van der Waals surface area contributed by atoms with Crippen LogP contribution in [0.25, 0.3) is 11.3 Å². The van der Waals surface area contributed by atoms with Gasteiger partial charge >= 0.3 is 5.97 Å². The van der Waals surface area contributed by atoms with Gasteiger partial charge in [0.15, 0.2) is 12.4 Å². The van der Waals surface area contributed by atoms with Gasteiger partial charge in [-0.3, -0.25) is 19.7 Å². The topological polar surface area (TPSA) is 136 Å². The minimum Gasteiger partial charge on any atom is -0.459 e. The number of benzene rings is 1. The summed E-state index contributed by atoms with van der Waals surface area (Å²) in [4.78, 5) is 50.3. The third-order valence-corrected chi connectivity index (χ3v) is 5.15. The van der Waals surface area contributed by atoms with Gasteiger partial charge in [-0.2, -0.15) is 0 Å². The van der Waals surface area contributed by atoms with E-state index in [4.69, 9.17) is 13.6 Å². The lowest BCUT2D eigenvalue weighted by molar-refractivity contribution is -0.384. The third kappa shape index (κ3) is 4.92. The Bertz CT molecular complexity index is 1160. The van der Waals surface area contributed by atoms with E-state index < -0.39 is 17.5 Å². The number of nitro benzene ring substituents is 1. The zero-order valence-corrected chi connectivity index (χ0v) is 17.3. The predicted octanol–water partition coefficient (Wildman–Crippen LogP) is 2.59. The molecule has 4 rings (SSSR count). The number of amides is 2. The molecule has 170 valence electrons. The highest BCUT2D eigenvalue weighted by Gasteiger charge is 2.27. The maximum Gasteiger partial charge on any atom is 0.374 e. The van der Waals surface area contributed by atoms with Gasteiger partial charge in [0.25, 0.3) is 17.5 Å². The second kappa shape index (κ2) is 9.39. The van der Waals surface area contributed by atoms with E-state index in [0.29, 0.717) is 37.5 Å². The number of nitro groups is 1. The zero-order chi connectivity index (χ0) is 23.4. The number of non-ortho nitro benzene ring substituents is 1. The fourth-order valence-corrected chi connectivity index (χ4v) is 3.35. The Kier molecular flexibility index (Phi) is 6.20. The van der Waals surface area contributed by atoms with E-state index in [2.05, 4.69) is 0 Å². The summed E-state index contributed by atoms with van der Waals surface area (Å²) in [5.74, 6) is -0.931. The van der Waals surface area contributed by atoms with E-state index in [0.717, 1.165) is 0 Å². The van der Waals surface area contributed by atoms with Crippen LogP contribution in [0.15, 0.2) is 63.6 Å². The molecule has 3 heterocycles. The molecule has 11 heteroatoms. The van der Waals surface area contributed by atoms with Gasteiger partial charge in [-0.15, -0.1) is 0 Å². The van der Waals surface area contributed by atoms with Crippen molar-refractivity contribution in [3.8, 4) is 11.3 Å². The molecule has 1 aliphatic heterocycles. The van der Waals surface area contributed by atoms with E-state index in [1.165, 1.54) is 47.6 Å². The van der Waals surface area contributed by atoms with Crippen LogP contribution in [0.2, 0.25) is 0 Å². The summed E-state index contributed by atoms with van der Waals surface area (Å²) in [6.45, 7) is 0.853. The van der Waals surface area contributed by atoms with Crippen LogP contribution < -0.4 is 0 Å². The average Bonchev–Trinajstić information content (AvgIpc) is 3.55. The van der Waals surface area contributed by atoms with Gasteiger partial charge in [0, 0.05) is 43.9 Å². The van der Waals surface area contributed by atoms with Crippen molar-refractivity contribution in [1.29, 1.82) is 0 Å². The number of ether oxygens (including phenoxy) is 1. The van der Waals surface area contributed by atoms with Crippen molar-refractivity contribution in [2.24, 2.45) is 0 Å². The van der Waals surface area contributed by atoms with Crippen molar-refractivity contribution in [3.05, 3.63) is 76.4 Å². The van der Waals surface area contributed by atoms with Gasteiger partial charge in [-0.25, -0.2) is 4.79 Å². The van der Waals surface area contributed by atoms with Crippen LogP contribution in [0.1, 0.15) is 21.1 Å². The smallest absolute Gasteiger partial charge is 0.374 e. The third-order valence-electron chi connectivity index (χ3n) is 5.15. The van der Waals surface area contributed by atoms with E-state index in [1.807, 2.05) is 0 Å². The minimum atomic E-state index is -0.803. The predicted molar refractivity (Wildman–Crippen MR) is 112 cm³/mol. The highest BCUT2D eigenvalue weighted by Crippen LogP contribution is 2.25. The van der Waals surface area contributed by atoms with Crippen molar-refractivity contribution in [2.45, 2.75) is 0 Å². The molecule has 2 aromatic heterocycles. The van der Waals surface area contributed by atoms with E-state index in [-0.39, 0.29) is 29.0 Å². The van der Waals surface area contributed by atoms with E-state index in [1.54, 1.807) is 17.0 Å². The number of hydrogen-bond acceptors (Lipinski definition) is 8. The Morgan fingerprint density at radius 2 is 1.64 bits per heavy atom. The SMILES string of the molecule is O=C(OCC(=O)N1CCN(C(=O)c2ccco2)CC1)c1ccc(-c2ccc([N+](=O)[O-])cc2)o1. The molecule has 0 spiro atoms. The van der Waals surface area contributed by atoms with Gasteiger partial charge in [-0.1, -0.05) is 0 Å². The van der Waals surface area contributed by atoms with Crippen LogP contribution in [0.3, 0.4) is 0 Å². The number of carbonyl (C=O) groups is 3. The summed E-state index contributed by atoms with van der Waals surface area (Å²) in [5.41, 5.74) is 0.493. The first-order valence-electron chi connectivity index (χ1n) is 10.0. The lowest BCUT2D eigenvalue weighted by Gasteiger charge is -2.34. The van der Waals surface area contributed by atoms with Crippen molar-refractivity contribution in [2.75, 3.05) is 32.8 Å². The van der Waals surface area contributed by atoms with Crippen LogP contribution in [-0.2, 0) is 9.53 Å². The highest BCUT2D eigenvalue weighted by molar-refractivity contribution is 5.92. The molecule has 0 unspecified atom stereocenters. The number of nitrogens with zero attached hydrogens (tertiary/aromatic N) is 3. The van der Waals surface area contributed by atoms with E-state index >= 15 is 0 Å². The Morgan fingerprint density at radius 1 is 0.939 bits per heavy atom. The van der Waals surface area contributed by atoms with Crippen molar-refractivity contribution in [3.63, 3.8) is 0 Å². The van der Waals surface area contributed by atoms with Gasteiger partial charge in [0.2, 0.25) is 5.76 Å². The normalized spacial score (nSPS) is 13.6. The minimum absolute atomic E-state index is 0.0605. The monoisotopic (exact) mass is 453 g/mol. The molecular formula is C22H19N3O8. The molecule has 0 N–H and O–H groups in total. The molecule has 0 aliphatic carbocycles. The first-order chi connectivity index (χ1) is 15.9. The molecule has 3 aromatic rings. The molecule has 1 aliphatic rings. The summed E-state index contributed by atoms with van der Waals surface area (Å²) in [7, 11) is 0. The number of furan rings is 2. The second-order valence-corrected chi connectivity index (χ2v) is 7.19. The molecule has 0 bridgehead atoms. The van der Waals surface area contributed by atoms with Gasteiger partial charge in [0.05, 0.1) is 11.2 Å². The fraction of sp³-hybridized carbons (Fsp3) is 0.227. The van der Waals surface area contributed by atoms with Crippen molar-refractivity contribution >= 4 is 23.5 Å². The van der Waals surface area contributed by atoms with E-state index in [9.17, 15) is 24.5 Å². The van der Waals surface area contributed by atoms with Crippen molar-refractivity contribution < 1.29 is 32.9 Å². The average molecular weight is 453 g/mol. The molecule has 0 radical (unpaired) electrons. The lowest BCUT2D eigenvalue weighted by Crippen LogP contribution is -2.51. The summed E-state index contributed by atoms with van der Waals surface area (Å²) >= 11 is 0. The van der Waals surface area contributed by atoms with Gasteiger partial charge < -0.3 is 23.4 Å². The number of piperazine rings is 1. The van der Waals surface area contributed by atoms with Gasteiger partial charge in [-0.05, 0) is 36.4 Å². The standard InChI is InChI=1S/C22H19N3O8/c26-20(23-9-11-24(12-10-23)21(27)18-2-1-13-31-18)14-32-22(28)19-8-7-17(33-19)15-3-5-16(6-4-15)25(29)30/h1-8,13H,9-12,14H2. The van der Waals surface area contributed by atoms with Crippen molar-refractivity contribution in [1.82, 2.24) is 9.80 Å². The number of carbonyl (C=O) groups excluding carboxylic acids is 3. The Labute approximate surface area is 187 Å². The summed E-state index contributed by atoms with van der Waals surface area (Å²) in [6, 6.07) is 11.8. The molecule has 0 saturated carbocycles. The molecule has 1 aromatic carbocycles. The van der Waals surface area contributed by atoms with Crippen LogP contribution in [0.5, 0.6) is 0 Å². The van der Waals surface area contributed by atoms with Crippen LogP contribution in [0, 0.1) is 10.1 Å². The molecule has 0 atom stereocenters. The first-order valence-corrected chi connectivity index (χ1v) is 10.0. The first kappa shape index (κ1) is 21.8. The summed E-state index contributed by atoms with van der Waals surface area (Å²) < 4.78 is 15.6. The van der Waals surface area contributed by atoms with Crippen LogP contribution >= 0.6 is 0 Å². The Morgan fingerprint density at radius 3 is 2.27 bits per heavy atom. The van der Waals surface area contributed by atoms with Crippen LogP contribution in [0.4, 0.5) is 5.69 Å². The number of esters is 1. The zero-order valence-electron chi connectivity index (χ0n) is 17.3. The lowest BCUT2D eigenvalue weighted by atomic mass is 10.1. The maximum atomic E-state index is 12.4. The fourth-order valence-electron chi connectivity index (χ4n) is 3.35. The summed E-state index contributed by atoms with van der Waals surface area (Å²) in [6.07, 6.45) is 1.43. The second-order valence-electron chi connectivity index (χ2n) is 7.19. The molecular weight excluding hydrogens is 434 g/mol. The quantitative estimate of drug-likeness (QED) is 0.316. The largest absolute Gasteiger partial charge is 0.459 e. The molecule has 33 heavy (non-hydrogen) atoms. The van der Waals surface area contributed by atoms with Gasteiger partial charge in [0.1, 0.15) is 5.76 Å². The van der Waals surface area contributed by atoms with Crippen LogP contribution in [-0.4, -0.2) is 65.3 Å². The summed E-state index contributed by atoms with van der Waals surface area (Å²) in [5, 5.41) is 10.7. The molecule has 11 nitrogen and oxygen atoms in total.